The van der Waals surface area contributed by atoms with Crippen LogP contribution in [-0.2, 0) is 9.53 Å². The normalized spacial score (nSPS) is 30.1. The summed E-state index contributed by atoms with van der Waals surface area (Å²) in [4.78, 5) is 11.6. The average molecular weight is 222 g/mol. The zero-order valence-corrected chi connectivity index (χ0v) is 10.8. The van der Waals surface area contributed by atoms with Gasteiger partial charge in [-0.3, -0.25) is 4.79 Å². The van der Waals surface area contributed by atoms with Gasteiger partial charge in [0.15, 0.2) is 5.78 Å². The third-order valence-corrected chi connectivity index (χ3v) is 3.63. The standard InChI is InChI=1S/C14H22O2/c1-12(2)8-13(3,4)10-14(9-12)7-11(15)5-6-16-14/h5-6H,7-10H2,1-4H3. The molecule has 0 aromatic carbocycles. The highest BCUT2D eigenvalue weighted by atomic mass is 16.5. The van der Waals surface area contributed by atoms with Gasteiger partial charge in [0, 0.05) is 6.08 Å². The number of hydrogen-bond acceptors (Lipinski definition) is 2. The molecule has 1 fully saturated rings. The van der Waals surface area contributed by atoms with E-state index in [4.69, 9.17) is 4.74 Å². The Labute approximate surface area is 98.1 Å². The van der Waals surface area contributed by atoms with Crippen LogP contribution in [0.25, 0.3) is 0 Å². The highest BCUT2D eigenvalue weighted by molar-refractivity contribution is 5.90. The minimum Gasteiger partial charge on any atom is -0.494 e. The van der Waals surface area contributed by atoms with E-state index in [0.717, 1.165) is 12.8 Å². The van der Waals surface area contributed by atoms with Crippen LogP contribution in [0.5, 0.6) is 0 Å². The first-order valence-corrected chi connectivity index (χ1v) is 6.09. The fraction of sp³-hybridized carbons (Fsp3) is 0.786. The Morgan fingerprint density at radius 3 is 2.12 bits per heavy atom. The minimum atomic E-state index is -0.239. The summed E-state index contributed by atoms with van der Waals surface area (Å²) in [6.07, 6.45) is 6.88. The Hall–Kier alpha value is -0.790. The number of carbonyl (C=O) groups excluding carboxylic acids is 1. The molecule has 0 N–H and O–H groups in total. The summed E-state index contributed by atoms with van der Waals surface area (Å²) in [6, 6.07) is 0. The first-order valence-electron chi connectivity index (χ1n) is 6.09. The third kappa shape index (κ3) is 2.31. The van der Waals surface area contributed by atoms with E-state index in [1.807, 2.05) is 0 Å². The highest BCUT2D eigenvalue weighted by Crippen LogP contribution is 2.53. The summed E-state index contributed by atoms with van der Waals surface area (Å²) in [5.74, 6) is 0.208. The largest absolute Gasteiger partial charge is 0.494 e. The summed E-state index contributed by atoms with van der Waals surface area (Å²) >= 11 is 0. The Morgan fingerprint density at radius 1 is 1.06 bits per heavy atom. The van der Waals surface area contributed by atoms with Crippen LogP contribution in [0.15, 0.2) is 12.3 Å². The van der Waals surface area contributed by atoms with Crippen molar-refractivity contribution in [3.05, 3.63) is 12.3 Å². The number of ketones is 1. The molecule has 16 heavy (non-hydrogen) atoms. The van der Waals surface area contributed by atoms with Crippen molar-refractivity contribution < 1.29 is 9.53 Å². The molecule has 2 aliphatic rings. The maximum absolute atomic E-state index is 11.6. The molecule has 0 saturated heterocycles. The van der Waals surface area contributed by atoms with E-state index in [2.05, 4.69) is 27.7 Å². The van der Waals surface area contributed by atoms with Gasteiger partial charge >= 0.3 is 0 Å². The fourth-order valence-electron chi connectivity index (χ4n) is 4.11. The van der Waals surface area contributed by atoms with Gasteiger partial charge in [-0.2, -0.15) is 0 Å². The van der Waals surface area contributed by atoms with Gasteiger partial charge in [-0.25, -0.2) is 0 Å². The molecule has 0 atom stereocenters. The van der Waals surface area contributed by atoms with Gasteiger partial charge in [0.2, 0.25) is 0 Å². The SMILES string of the molecule is CC1(C)CC(C)(C)CC2(CC(=O)C=CO2)C1. The van der Waals surface area contributed by atoms with Gasteiger partial charge in [-0.05, 0) is 30.1 Å². The monoisotopic (exact) mass is 222 g/mol. The zero-order valence-electron chi connectivity index (χ0n) is 10.8. The first-order chi connectivity index (χ1) is 7.22. The molecule has 1 aliphatic heterocycles. The number of rotatable bonds is 0. The van der Waals surface area contributed by atoms with Gasteiger partial charge in [-0.15, -0.1) is 0 Å². The van der Waals surface area contributed by atoms with E-state index >= 15 is 0 Å². The molecule has 2 heteroatoms. The summed E-state index contributed by atoms with van der Waals surface area (Å²) in [5.41, 5.74) is 0.275. The summed E-state index contributed by atoms with van der Waals surface area (Å²) in [5, 5.41) is 0. The number of allylic oxidation sites excluding steroid dienone is 1. The van der Waals surface area contributed by atoms with Gasteiger partial charge < -0.3 is 4.74 Å². The van der Waals surface area contributed by atoms with Gasteiger partial charge in [0.1, 0.15) is 5.60 Å². The third-order valence-electron chi connectivity index (χ3n) is 3.63. The molecule has 0 aromatic heterocycles. The lowest BCUT2D eigenvalue weighted by Crippen LogP contribution is -2.49. The van der Waals surface area contributed by atoms with Crippen LogP contribution in [0.2, 0.25) is 0 Å². The first kappa shape index (κ1) is 11.7. The molecule has 90 valence electrons. The van der Waals surface area contributed by atoms with Gasteiger partial charge in [0.05, 0.1) is 12.7 Å². The van der Waals surface area contributed by atoms with E-state index in [-0.39, 0.29) is 22.2 Å². The van der Waals surface area contributed by atoms with Crippen LogP contribution in [0, 0.1) is 10.8 Å². The van der Waals surface area contributed by atoms with Crippen molar-refractivity contribution in [1.29, 1.82) is 0 Å². The summed E-state index contributed by atoms with van der Waals surface area (Å²) in [6.45, 7) is 9.12. The summed E-state index contributed by atoms with van der Waals surface area (Å²) < 4.78 is 5.85. The molecular formula is C14H22O2. The topological polar surface area (TPSA) is 26.3 Å². The number of carbonyl (C=O) groups is 1. The Balaban J connectivity index is 2.28. The van der Waals surface area contributed by atoms with Gasteiger partial charge in [0.25, 0.3) is 0 Å². The molecule has 0 bridgehead atoms. The lowest BCUT2D eigenvalue weighted by molar-refractivity contribution is -0.135. The molecule has 1 aliphatic carbocycles. The van der Waals surface area contributed by atoms with Gasteiger partial charge in [-0.1, -0.05) is 27.7 Å². The zero-order chi connectivity index (χ0) is 12.0. The molecule has 1 spiro atoms. The maximum Gasteiger partial charge on any atom is 0.162 e. The molecule has 0 unspecified atom stereocenters. The second-order valence-corrected chi connectivity index (χ2v) is 7.11. The second kappa shape index (κ2) is 3.35. The lowest BCUT2D eigenvalue weighted by atomic mass is 9.58. The maximum atomic E-state index is 11.6. The second-order valence-electron chi connectivity index (χ2n) is 7.11. The number of ether oxygens (including phenoxy) is 1. The Morgan fingerprint density at radius 2 is 1.62 bits per heavy atom. The quantitative estimate of drug-likeness (QED) is 0.627. The van der Waals surface area contributed by atoms with E-state index in [1.165, 1.54) is 6.42 Å². The van der Waals surface area contributed by atoms with Crippen molar-refractivity contribution in [2.75, 3.05) is 0 Å². The van der Waals surface area contributed by atoms with E-state index < -0.39 is 0 Å². The Kier molecular flexibility index (Phi) is 2.45. The molecule has 1 saturated carbocycles. The predicted octanol–water partition coefficient (Wildman–Crippen LogP) is 3.46. The number of hydrogen-bond donors (Lipinski definition) is 0. The Bertz CT molecular complexity index is 321. The predicted molar refractivity (Wildman–Crippen MR) is 64.0 cm³/mol. The molecule has 0 amide bonds. The van der Waals surface area contributed by atoms with E-state index in [0.29, 0.717) is 6.42 Å². The average Bonchev–Trinajstić information content (AvgIpc) is 1.94. The smallest absolute Gasteiger partial charge is 0.162 e. The highest BCUT2D eigenvalue weighted by Gasteiger charge is 2.50. The van der Waals surface area contributed by atoms with Crippen molar-refractivity contribution in [3.63, 3.8) is 0 Å². The van der Waals surface area contributed by atoms with Crippen molar-refractivity contribution >= 4 is 5.78 Å². The minimum absolute atomic E-state index is 0.208. The van der Waals surface area contributed by atoms with Crippen LogP contribution in [-0.4, -0.2) is 11.4 Å². The molecule has 2 rings (SSSR count). The molecular weight excluding hydrogens is 200 g/mol. The van der Waals surface area contributed by atoms with Crippen molar-refractivity contribution in [3.8, 4) is 0 Å². The molecule has 0 radical (unpaired) electrons. The van der Waals surface area contributed by atoms with Crippen molar-refractivity contribution in [1.82, 2.24) is 0 Å². The van der Waals surface area contributed by atoms with Crippen LogP contribution in [0.4, 0.5) is 0 Å². The van der Waals surface area contributed by atoms with Crippen LogP contribution >= 0.6 is 0 Å². The van der Waals surface area contributed by atoms with E-state index in [9.17, 15) is 4.79 Å². The van der Waals surface area contributed by atoms with Crippen LogP contribution < -0.4 is 0 Å². The van der Waals surface area contributed by atoms with E-state index in [1.54, 1.807) is 12.3 Å². The molecule has 2 nitrogen and oxygen atoms in total. The lowest BCUT2D eigenvalue weighted by Gasteiger charge is -2.51. The van der Waals surface area contributed by atoms with Crippen LogP contribution in [0.3, 0.4) is 0 Å². The molecule has 0 aromatic rings. The van der Waals surface area contributed by atoms with Crippen molar-refractivity contribution in [2.24, 2.45) is 10.8 Å². The summed E-state index contributed by atoms with van der Waals surface area (Å²) in [7, 11) is 0. The molecule has 1 heterocycles. The fourth-order valence-corrected chi connectivity index (χ4v) is 4.11. The van der Waals surface area contributed by atoms with Crippen molar-refractivity contribution in [2.45, 2.75) is 59.0 Å². The van der Waals surface area contributed by atoms with Crippen LogP contribution in [0.1, 0.15) is 53.4 Å².